The molecular weight excluding hydrogens is 255 g/mol. The van der Waals surface area contributed by atoms with Gasteiger partial charge >= 0.3 is 0 Å². The van der Waals surface area contributed by atoms with Crippen LogP contribution in [0.25, 0.3) is 0 Å². The van der Waals surface area contributed by atoms with Crippen molar-refractivity contribution in [3.8, 4) is 5.75 Å². The lowest BCUT2D eigenvalue weighted by atomic mass is 9.98. The van der Waals surface area contributed by atoms with Crippen LogP contribution in [0.2, 0.25) is 0 Å². The summed E-state index contributed by atoms with van der Waals surface area (Å²) in [5, 5.41) is 0. The molecule has 3 nitrogen and oxygen atoms in total. The fraction of sp³-hybridized carbons (Fsp3) is 0.250. The zero-order valence-corrected chi connectivity index (χ0v) is 11.5. The molecule has 3 N–H and O–H groups in total. The van der Waals surface area contributed by atoms with Crippen molar-refractivity contribution in [3.05, 3.63) is 65.5 Å². The number of hydrogen-bond acceptors (Lipinski definition) is 3. The van der Waals surface area contributed by atoms with Crippen molar-refractivity contribution >= 4 is 0 Å². The molecule has 0 radical (unpaired) electrons. The number of ether oxygens (including phenoxy) is 1. The van der Waals surface area contributed by atoms with Crippen molar-refractivity contribution in [1.29, 1.82) is 0 Å². The molecule has 0 aromatic heterocycles. The molecular formula is C16H19FN2O. The monoisotopic (exact) mass is 274 g/mol. The molecule has 2 rings (SSSR count). The van der Waals surface area contributed by atoms with Gasteiger partial charge in [-0.15, -0.1) is 0 Å². The van der Waals surface area contributed by atoms with E-state index in [1.165, 1.54) is 6.07 Å². The third-order valence-corrected chi connectivity index (χ3v) is 3.18. The van der Waals surface area contributed by atoms with Gasteiger partial charge in [0, 0.05) is 5.56 Å². The van der Waals surface area contributed by atoms with Gasteiger partial charge < -0.3 is 4.74 Å². The Labute approximate surface area is 118 Å². The van der Waals surface area contributed by atoms with Gasteiger partial charge in [-0.1, -0.05) is 36.4 Å². The molecule has 0 aliphatic rings. The smallest absolute Gasteiger partial charge is 0.126 e. The maximum absolute atomic E-state index is 13.8. The molecule has 0 aliphatic carbocycles. The van der Waals surface area contributed by atoms with Crippen molar-refractivity contribution in [1.82, 2.24) is 5.43 Å². The first-order valence-electron chi connectivity index (χ1n) is 6.67. The van der Waals surface area contributed by atoms with Crippen LogP contribution in [0.5, 0.6) is 5.75 Å². The normalized spacial score (nSPS) is 12.2. The largest absolute Gasteiger partial charge is 0.494 e. The number of nitrogens with one attached hydrogen (secondary N) is 1. The quantitative estimate of drug-likeness (QED) is 0.629. The Kier molecular flexibility index (Phi) is 5.09. The van der Waals surface area contributed by atoms with E-state index in [1.807, 2.05) is 37.3 Å². The van der Waals surface area contributed by atoms with Crippen LogP contribution in [-0.4, -0.2) is 6.61 Å². The second-order valence-electron chi connectivity index (χ2n) is 4.49. The lowest BCUT2D eigenvalue weighted by Gasteiger charge is -2.20. The molecule has 0 amide bonds. The van der Waals surface area contributed by atoms with Crippen LogP contribution in [0, 0.1) is 5.82 Å². The molecule has 0 fully saturated rings. The Bertz CT molecular complexity index is 560. The highest BCUT2D eigenvalue weighted by Gasteiger charge is 2.16. The van der Waals surface area contributed by atoms with Gasteiger partial charge in [0.25, 0.3) is 0 Å². The lowest BCUT2D eigenvalue weighted by molar-refractivity contribution is 0.331. The first-order valence-corrected chi connectivity index (χ1v) is 6.67. The first-order chi connectivity index (χ1) is 9.76. The van der Waals surface area contributed by atoms with Crippen molar-refractivity contribution in [2.24, 2.45) is 5.84 Å². The van der Waals surface area contributed by atoms with Gasteiger partial charge in [-0.2, -0.15) is 0 Å². The number of halogens is 1. The number of para-hydroxylation sites is 1. The third-order valence-electron chi connectivity index (χ3n) is 3.18. The minimum absolute atomic E-state index is 0.199. The Morgan fingerprint density at radius 2 is 1.85 bits per heavy atom. The Balaban J connectivity index is 2.27. The van der Waals surface area contributed by atoms with Gasteiger partial charge in [0.05, 0.1) is 12.6 Å². The predicted molar refractivity (Wildman–Crippen MR) is 77.8 cm³/mol. The van der Waals surface area contributed by atoms with Gasteiger partial charge in [0.15, 0.2) is 0 Å². The average Bonchev–Trinajstić information content (AvgIpc) is 2.48. The van der Waals surface area contributed by atoms with Crippen LogP contribution in [0.1, 0.15) is 24.1 Å². The predicted octanol–water partition coefficient (Wildman–Crippen LogP) is 2.97. The summed E-state index contributed by atoms with van der Waals surface area (Å²) in [7, 11) is 0. The van der Waals surface area contributed by atoms with Crippen LogP contribution >= 0.6 is 0 Å². The summed E-state index contributed by atoms with van der Waals surface area (Å²) in [4.78, 5) is 0. The fourth-order valence-corrected chi connectivity index (χ4v) is 2.20. The molecule has 0 bridgehead atoms. The maximum atomic E-state index is 13.8. The number of benzene rings is 2. The zero-order chi connectivity index (χ0) is 14.4. The van der Waals surface area contributed by atoms with Gasteiger partial charge in [0.1, 0.15) is 11.6 Å². The average molecular weight is 274 g/mol. The molecule has 1 atom stereocenters. The van der Waals surface area contributed by atoms with E-state index < -0.39 is 0 Å². The van der Waals surface area contributed by atoms with Crippen LogP contribution in [0.3, 0.4) is 0 Å². The number of nitrogens with two attached hydrogens (primary N) is 1. The van der Waals surface area contributed by atoms with Gasteiger partial charge in [-0.3, -0.25) is 11.3 Å². The molecule has 0 aliphatic heterocycles. The second kappa shape index (κ2) is 7.03. The fourth-order valence-electron chi connectivity index (χ4n) is 2.20. The second-order valence-corrected chi connectivity index (χ2v) is 4.49. The molecule has 0 saturated heterocycles. The SMILES string of the molecule is CCOc1ccccc1C(Cc1ccccc1F)NN. The molecule has 2 aromatic rings. The molecule has 0 saturated carbocycles. The van der Waals surface area contributed by atoms with Crippen molar-refractivity contribution in [2.45, 2.75) is 19.4 Å². The minimum Gasteiger partial charge on any atom is -0.494 e. The van der Waals surface area contributed by atoms with E-state index in [4.69, 9.17) is 10.6 Å². The van der Waals surface area contributed by atoms with Crippen molar-refractivity contribution in [3.63, 3.8) is 0 Å². The number of hydrogen-bond donors (Lipinski definition) is 2. The molecule has 1 unspecified atom stereocenters. The van der Waals surface area contributed by atoms with Crippen LogP contribution in [-0.2, 0) is 6.42 Å². The first kappa shape index (κ1) is 14.5. The Hall–Kier alpha value is -1.91. The van der Waals surface area contributed by atoms with Gasteiger partial charge in [-0.05, 0) is 31.0 Å². The van der Waals surface area contributed by atoms with Crippen molar-refractivity contribution in [2.75, 3.05) is 6.61 Å². The molecule has 0 spiro atoms. The molecule has 20 heavy (non-hydrogen) atoms. The van der Waals surface area contributed by atoms with E-state index in [1.54, 1.807) is 12.1 Å². The zero-order valence-electron chi connectivity index (χ0n) is 11.5. The summed E-state index contributed by atoms with van der Waals surface area (Å²) < 4.78 is 19.3. The highest BCUT2D eigenvalue weighted by molar-refractivity contribution is 5.37. The van der Waals surface area contributed by atoms with E-state index in [0.717, 1.165) is 11.3 Å². The summed E-state index contributed by atoms with van der Waals surface area (Å²) >= 11 is 0. The standard InChI is InChI=1S/C16H19FN2O/c1-2-20-16-10-6-4-8-13(16)15(19-18)11-12-7-3-5-9-14(12)17/h3-10,15,19H,2,11,18H2,1H3. The van der Waals surface area contributed by atoms with E-state index >= 15 is 0 Å². The summed E-state index contributed by atoms with van der Waals surface area (Å²) in [5.41, 5.74) is 4.30. The van der Waals surface area contributed by atoms with Crippen LogP contribution in [0.15, 0.2) is 48.5 Å². The molecule has 106 valence electrons. The van der Waals surface area contributed by atoms with E-state index in [9.17, 15) is 4.39 Å². The number of rotatable bonds is 6. The summed E-state index contributed by atoms with van der Waals surface area (Å²) in [6.45, 7) is 2.51. The Morgan fingerprint density at radius 3 is 2.55 bits per heavy atom. The molecule has 0 heterocycles. The molecule has 2 aromatic carbocycles. The van der Waals surface area contributed by atoms with Crippen LogP contribution in [0.4, 0.5) is 4.39 Å². The summed E-state index contributed by atoms with van der Waals surface area (Å²) in [6.07, 6.45) is 0.466. The van der Waals surface area contributed by atoms with E-state index in [2.05, 4.69) is 5.43 Å². The lowest BCUT2D eigenvalue weighted by Crippen LogP contribution is -2.30. The maximum Gasteiger partial charge on any atom is 0.126 e. The molecule has 4 heteroatoms. The topological polar surface area (TPSA) is 47.3 Å². The summed E-state index contributed by atoms with van der Waals surface area (Å²) in [5.74, 6) is 6.19. The van der Waals surface area contributed by atoms with Gasteiger partial charge in [-0.25, -0.2) is 4.39 Å². The minimum atomic E-state index is -0.221. The number of hydrazine groups is 1. The van der Waals surface area contributed by atoms with E-state index in [0.29, 0.717) is 18.6 Å². The van der Waals surface area contributed by atoms with Crippen LogP contribution < -0.4 is 16.0 Å². The van der Waals surface area contributed by atoms with E-state index in [-0.39, 0.29) is 11.9 Å². The third kappa shape index (κ3) is 3.35. The highest BCUT2D eigenvalue weighted by atomic mass is 19.1. The Morgan fingerprint density at radius 1 is 1.15 bits per heavy atom. The van der Waals surface area contributed by atoms with Gasteiger partial charge in [0.2, 0.25) is 0 Å². The highest BCUT2D eigenvalue weighted by Crippen LogP contribution is 2.27. The summed E-state index contributed by atoms with van der Waals surface area (Å²) in [6, 6.07) is 14.2. The van der Waals surface area contributed by atoms with Crippen molar-refractivity contribution < 1.29 is 9.13 Å².